The molecule has 1 fully saturated rings. The van der Waals surface area contributed by atoms with Crippen LogP contribution in [-0.2, 0) is 9.47 Å². The van der Waals surface area contributed by atoms with Gasteiger partial charge in [-0.25, -0.2) is 0 Å². The molecule has 0 aromatic rings. The van der Waals surface area contributed by atoms with Crippen LogP contribution in [0.25, 0.3) is 0 Å². The van der Waals surface area contributed by atoms with Crippen LogP contribution in [0.2, 0.25) is 0 Å². The van der Waals surface area contributed by atoms with Crippen molar-refractivity contribution in [2.24, 2.45) is 0 Å². The van der Waals surface area contributed by atoms with Crippen molar-refractivity contribution in [1.82, 2.24) is 0 Å². The van der Waals surface area contributed by atoms with Crippen LogP contribution in [0.1, 0.15) is 6.92 Å². The molecule has 0 aliphatic carbocycles. The minimum atomic E-state index is 0.267. The van der Waals surface area contributed by atoms with Crippen LogP contribution < -0.4 is 0 Å². The molecule has 1 saturated heterocycles. The lowest BCUT2D eigenvalue weighted by Crippen LogP contribution is -2.29. The first kappa shape index (κ1) is 6.77. The maximum Gasteiger partial charge on any atom is 0.132 e. The summed E-state index contributed by atoms with van der Waals surface area (Å²) in [6.07, 6.45) is 0.293. The van der Waals surface area contributed by atoms with Gasteiger partial charge in [0.15, 0.2) is 0 Å². The Bertz CT molecular complexity index is 58.8. The van der Waals surface area contributed by atoms with Gasteiger partial charge in [0.25, 0.3) is 0 Å². The van der Waals surface area contributed by atoms with Gasteiger partial charge in [-0.2, -0.15) is 0 Å². The molecular formula is C5H9IO2. The second-order valence-electron chi connectivity index (χ2n) is 1.89. The summed E-state index contributed by atoms with van der Waals surface area (Å²) in [4.78, 5) is 0. The molecule has 1 rings (SSSR count). The van der Waals surface area contributed by atoms with Gasteiger partial charge in [-0.3, -0.25) is 0 Å². The van der Waals surface area contributed by atoms with Crippen LogP contribution in [0.3, 0.4) is 0 Å². The molecule has 1 aliphatic heterocycles. The number of halogens is 1. The summed E-state index contributed by atoms with van der Waals surface area (Å²) in [5.41, 5.74) is 0. The molecule has 0 bridgehead atoms. The summed E-state index contributed by atoms with van der Waals surface area (Å²) in [5.74, 6) is 0. The van der Waals surface area contributed by atoms with Crippen molar-refractivity contribution in [3.63, 3.8) is 0 Å². The molecule has 0 amide bonds. The fourth-order valence-corrected chi connectivity index (χ4v) is 0.991. The maximum absolute atomic E-state index is 5.26. The van der Waals surface area contributed by atoms with Crippen molar-refractivity contribution in [3.05, 3.63) is 0 Å². The predicted octanol–water partition coefficient (Wildman–Crippen LogP) is 1.18. The van der Waals surface area contributed by atoms with E-state index < -0.39 is 0 Å². The molecule has 1 heterocycles. The summed E-state index contributed by atoms with van der Waals surface area (Å²) in [5, 5.41) is 0. The predicted molar refractivity (Wildman–Crippen MR) is 39.2 cm³/mol. The zero-order valence-corrected chi connectivity index (χ0v) is 6.92. The quantitative estimate of drug-likeness (QED) is 0.458. The van der Waals surface area contributed by atoms with Gasteiger partial charge in [0.1, 0.15) is 4.11 Å². The summed E-state index contributed by atoms with van der Waals surface area (Å²) in [7, 11) is 0. The van der Waals surface area contributed by atoms with Crippen LogP contribution >= 0.6 is 22.6 Å². The summed E-state index contributed by atoms with van der Waals surface area (Å²) < 4.78 is 10.8. The molecule has 0 aromatic heterocycles. The van der Waals surface area contributed by atoms with Crippen LogP contribution in [0.4, 0.5) is 0 Å². The monoisotopic (exact) mass is 228 g/mol. The first-order valence-corrected chi connectivity index (χ1v) is 3.91. The van der Waals surface area contributed by atoms with Crippen LogP contribution in [0.15, 0.2) is 0 Å². The molecule has 0 radical (unpaired) electrons. The summed E-state index contributed by atoms with van der Waals surface area (Å²) in [6, 6.07) is 0. The first-order valence-electron chi connectivity index (χ1n) is 2.66. The van der Waals surface area contributed by atoms with E-state index in [0.29, 0.717) is 6.10 Å². The van der Waals surface area contributed by atoms with E-state index >= 15 is 0 Å². The molecule has 2 nitrogen and oxygen atoms in total. The van der Waals surface area contributed by atoms with E-state index in [1.165, 1.54) is 0 Å². The molecule has 0 spiro atoms. The van der Waals surface area contributed by atoms with E-state index in [-0.39, 0.29) is 4.11 Å². The number of rotatable bonds is 0. The first-order chi connectivity index (χ1) is 3.79. The third kappa shape index (κ3) is 1.87. The molecule has 48 valence electrons. The van der Waals surface area contributed by atoms with Gasteiger partial charge in [0.05, 0.1) is 19.3 Å². The van der Waals surface area contributed by atoms with E-state index in [1.54, 1.807) is 0 Å². The highest BCUT2D eigenvalue weighted by atomic mass is 127. The van der Waals surface area contributed by atoms with Crippen LogP contribution in [-0.4, -0.2) is 23.4 Å². The van der Waals surface area contributed by atoms with Crippen molar-refractivity contribution in [1.29, 1.82) is 0 Å². The largest absolute Gasteiger partial charge is 0.373 e. The SMILES string of the molecule is CC1COC(I)CO1. The van der Waals surface area contributed by atoms with E-state index in [1.807, 2.05) is 6.92 Å². The molecule has 1 aliphatic rings. The molecule has 8 heavy (non-hydrogen) atoms. The van der Waals surface area contributed by atoms with Gasteiger partial charge in [-0.15, -0.1) is 0 Å². The van der Waals surface area contributed by atoms with E-state index in [0.717, 1.165) is 13.2 Å². The second kappa shape index (κ2) is 2.98. The lowest BCUT2D eigenvalue weighted by atomic mass is 10.4. The topological polar surface area (TPSA) is 18.5 Å². The number of hydrogen-bond acceptors (Lipinski definition) is 2. The molecule has 0 aromatic carbocycles. The highest BCUT2D eigenvalue weighted by Crippen LogP contribution is 2.11. The van der Waals surface area contributed by atoms with Gasteiger partial charge in [0, 0.05) is 0 Å². The zero-order chi connectivity index (χ0) is 5.98. The molecule has 2 atom stereocenters. The van der Waals surface area contributed by atoms with Crippen molar-refractivity contribution >= 4 is 22.6 Å². The van der Waals surface area contributed by atoms with Crippen LogP contribution in [0.5, 0.6) is 0 Å². The maximum atomic E-state index is 5.26. The molecule has 0 N–H and O–H groups in total. The van der Waals surface area contributed by atoms with Crippen molar-refractivity contribution in [2.75, 3.05) is 13.2 Å². The second-order valence-corrected chi connectivity index (χ2v) is 3.28. The Balaban J connectivity index is 2.19. The minimum absolute atomic E-state index is 0.267. The van der Waals surface area contributed by atoms with Gasteiger partial charge < -0.3 is 9.47 Å². The molecule has 2 unspecified atom stereocenters. The standard InChI is InChI=1S/C5H9IO2/c1-4-2-8-5(6)3-7-4/h4-5H,2-3H2,1H3. The number of hydrogen-bond donors (Lipinski definition) is 0. The smallest absolute Gasteiger partial charge is 0.132 e. The molecular weight excluding hydrogens is 219 g/mol. The van der Waals surface area contributed by atoms with Gasteiger partial charge >= 0.3 is 0 Å². The molecule has 3 heteroatoms. The summed E-state index contributed by atoms with van der Waals surface area (Å²) >= 11 is 2.22. The normalized spacial score (nSPS) is 39.8. The third-order valence-corrected chi connectivity index (χ3v) is 1.74. The van der Waals surface area contributed by atoms with Crippen molar-refractivity contribution < 1.29 is 9.47 Å². The van der Waals surface area contributed by atoms with Gasteiger partial charge in [-0.05, 0) is 29.5 Å². The van der Waals surface area contributed by atoms with Gasteiger partial charge in [-0.1, -0.05) is 0 Å². The van der Waals surface area contributed by atoms with Gasteiger partial charge in [0.2, 0.25) is 0 Å². The fraction of sp³-hybridized carbons (Fsp3) is 1.00. The Morgan fingerprint density at radius 1 is 1.38 bits per heavy atom. The highest BCUT2D eigenvalue weighted by molar-refractivity contribution is 14.1. The minimum Gasteiger partial charge on any atom is -0.373 e. The average Bonchev–Trinajstić information content (AvgIpc) is 1.77. The fourth-order valence-electron chi connectivity index (χ4n) is 0.576. The van der Waals surface area contributed by atoms with E-state index in [4.69, 9.17) is 9.47 Å². The highest BCUT2D eigenvalue weighted by Gasteiger charge is 2.14. The lowest BCUT2D eigenvalue weighted by Gasteiger charge is -2.23. The van der Waals surface area contributed by atoms with E-state index in [2.05, 4.69) is 22.6 Å². The Labute approximate surface area is 62.7 Å². The third-order valence-electron chi connectivity index (χ3n) is 1.02. The lowest BCUT2D eigenvalue weighted by molar-refractivity contribution is -0.0876. The number of ether oxygens (including phenoxy) is 2. The molecule has 0 saturated carbocycles. The average molecular weight is 228 g/mol. The Kier molecular flexibility index (Phi) is 2.52. The Hall–Kier alpha value is 0.650. The zero-order valence-electron chi connectivity index (χ0n) is 4.76. The summed E-state index contributed by atoms with van der Waals surface area (Å²) in [6.45, 7) is 3.50. The van der Waals surface area contributed by atoms with Crippen LogP contribution in [0, 0.1) is 0 Å². The van der Waals surface area contributed by atoms with Crippen molar-refractivity contribution in [3.8, 4) is 0 Å². The van der Waals surface area contributed by atoms with E-state index in [9.17, 15) is 0 Å². The van der Waals surface area contributed by atoms with Crippen molar-refractivity contribution in [2.45, 2.75) is 17.1 Å². The Morgan fingerprint density at radius 3 is 2.50 bits per heavy atom. The number of alkyl halides is 1. The Morgan fingerprint density at radius 2 is 2.12 bits per heavy atom.